The number of thiophene rings is 3. The van der Waals surface area contributed by atoms with Crippen LogP contribution < -0.4 is 95.0 Å². The number of H-pyrrole nitrogens is 2. The van der Waals surface area contributed by atoms with E-state index in [1.54, 1.807) is 114 Å². The monoisotopic (exact) mass is 1780 g/mol. The highest BCUT2D eigenvalue weighted by Gasteiger charge is 2.31. The van der Waals surface area contributed by atoms with Crippen molar-refractivity contribution < 1.29 is 24.0 Å². The minimum absolute atomic E-state index is 0.00289. The SMILES string of the molecule is NC(N)=NC(CCC(=O)Nc1ccc2c(=O)[nH]ccc2c1)c1cccs1.NC(N)=NC(CCC(=O)Nc1ccc2cnccc2c1)C1CCCC1.NC(N)=NCC(CC(=O)Nc1ccc2cnccc2c1)c1ccsc1.NC(N)=NCCC(C(=O)Nc1ccc2c(=O)[nH]ccc2c1)C1CCCCC1.NC(N)=NCCC(C(=O)Nc1ccc2cnccc2c1)c1ccsc1. The molecule has 35 heteroatoms. The van der Waals surface area contributed by atoms with E-state index in [0.717, 1.165) is 115 Å². The molecule has 8 heterocycles. The minimum atomic E-state index is -0.303. The second kappa shape index (κ2) is 48.1. The summed E-state index contributed by atoms with van der Waals surface area (Å²) >= 11 is 4.70. The van der Waals surface area contributed by atoms with Gasteiger partial charge in [-0.3, -0.25) is 68.5 Å². The van der Waals surface area contributed by atoms with Crippen LogP contribution in [0.25, 0.3) is 53.9 Å². The molecule has 5 atom stereocenters. The number of hydrogen-bond acceptors (Lipinski definition) is 18. The van der Waals surface area contributed by atoms with E-state index in [-0.39, 0.29) is 107 Å². The van der Waals surface area contributed by atoms with Crippen molar-refractivity contribution in [2.75, 3.05) is 46.2 Å². The Kier molecular flexibility index (Phi) is 35.4. The van der Waals surface area contributed by atoms with Gasteiger partial charge in [-0.2, -0.15) is 22.7 Å². The first-order chi connectivity index (χ1) is 61.9. The van der Waals surface area contributed by atoms with E-state index in [4.69, 9.17) is 57.3 Å². The van der Waals surface area contributed by atoms with Crippen LogP contribution in [0.2, 0.25) is 0 Å². The third-order valence-electron chi connectivity index (χ3n) is 21.8. The predicted octanol–water partition coefficient (Wildman–Crippen LogP) is 12.8. The summed E-state index contributed by atoms with van der Waals surface area (Å²) < 4.78 is 0. The standard InChI is InChI=1S/C20H27N5O2.C19H25N5O.C18H19N5O2S.2C18H19N5OS/c21-20(22)24-11-9-17(13-4-2-1-3-5-13)19(27)25-15-6-7-16-14(12-15)8-10-23-18(16)26;20-19(21)24-17(13-3-1-2-4-13)7-8-18(25)23-16-6-5-15-12-22-10-9-14(15)11-16;19-18(20)23-14(15-2-1-9-26-15)5-6-16(24)22-12-3-4-13-11(10-12)7-8-21-17(13)25;19-18(20)22-7-4-16(14-5-8-25-11-14)17(24)23-15-2-1-13-10-21-6-3-12(13)9-15;19-18(20)22-10-15(14-4-6-25-11-14)8-17(24)23-16-2-1-13-9-21-5-3-12(13)7-16/h6-8,10,12-13,17H,1-5,9,11H2,(H,23,26)(H,25,27)(H4,21,22,24);5-6,9-13,17H,1-4,7-8H2,(H,23,25)(H4,20,21,24);1-4,7-10,14H,5-6H2,(H,21,25)(H,22,24)(H4,19,20,23);1-3,5-6,8-11,16H,4,7H2,(H,23,24)(H4,19,20,22);1-7,9,11,15H,8,10H2,(H,23,24)(H4,19,20,22). The summed E-state index contributed by atoms with van der Waals surface area (Å²) in [5, 5.41) is 33.6. The number of aromatic amines is 2. The molecule has 13 aromatic rings. The van der Waals surface area contributed by atoms with Crippen molar-refractivity contribution in [1.82, 2.24) is 24.9 Å². The van der Waals surface area contributed by atoms with Crippen molar-refractivity contribution in [3.63, 3.8) is 0 Å². The Balaban J connectivity index is 0.000000155. The second-order valence-electron chi connectivity index (χ2n) is 31.0. The van der Waals surface area contributed by atoms with Crippen LogP contribution in [0, 0.1) is 17.8 Å². The molecule has 128 heavy (non-hydrogen) atoms. The number of rotatable bonds is 30. The first kappa shape index (κ1) is 94.2. The zero-order chi connectivity index (χ0) is 90.7. The third-order valence-corrected chi connectivity index (χ3v) is 24.2. The lowest BCUT2D eigenvalue weighted by Gasteiger charge is -2.29. The summed E-state index contributed by atoms with van der Waals surface area (Å²) in [5.41, 5.74) is 60.0. The molecule has 27 N–H and O–H groups in total. The molecule has 32 nitrogen and oxygen atoms in total. The average Bonchev–Trinajstić information content (AvgIpc) is 0.917. The van der Waals surface area contributed by atoms with Crippen LogP contribution in [-0.2, 0) is 24.0 Å². The van der Waals surface area contributed by atoms with E-state index in [1.165, 1.54) is 19.3 Å². The quantitative estimate of drug-likeness (QED) is 0.0147. The van der Waals surface area contributed by atoms with E-state index in [9.17, 15) is 33.6 Å². The lowest BCUT2D eigenvalue weighted by Crippen LogP contribution is -2.32. The largest absolute Gasteiger partial charge is 0.370 e. The molecular formula is C93H109N25O7S3. The molecule has 0 saturated heterocycles. The third kappa shape index (κ3) is 29.6. The molecule has 0 radical (unpaired) electrons. The van der Waals surface area contributed by atoms with E-state index >= 15 is 0 Å². The summed E-state index contributed by atoms with van der Waals surface area (Å²) in [6.07, 6.45) is 27.5. The maximum Gasteiger partial charge on any atom is 0.255 e. The molecule has 5 unspecified atom stereocenters. The van der Waals surface area contributed by atoms with E-state index < -0.39 is 0 Å². The van der Waals surface area contributed by atoms with Crippen LogP contribution in [0.15, 0.2) is 257 Å². The number of fused-ring (bicyclic) bond motifs is 5. The Morgan fingerprint density at radius 3 is 1.36 bits per heavy atom. The summed E-state index contributed by atoms with van der Waals surface area (Å²) in [6.45, 7) is 1.24. The van der Waals surface area contributed by atoms with Crippen LogP contribution in [0.1, 0.15) is 137 Å². The number of carbonyl (C=O) groups excluding carboxylic acids is 5. The van der Waals surface area contributed by atoms with Crippen molar-refractivity contribution in [2.45, 2.75) is 127 Å². The molecule has 15 rings (SSSR count). The number of nitrogens with zero attached hydrogens (tertiary/aromatic N) is 8. The van der Waals surface area contributed by atoms with Crippen LogP contribution in [0.5, 0.6) is 0 Å². The number of benzene rings is 5. The van der Waals surface area contributed by atoms with Gasteiger partial charge in [0.2, 0.25) is 29.5 Å². The Morgan fingerprint density at radius 1 is 0.422 bits per heavy atom. The maximum absolute atomic E-state index is 13.0. The molecule has 5 aromatic carbocycles. The van der Waals surface area contributed by atoms with Crippen LogP contribution in [0.4, 0.5) is 28.4 Å². The highest BCUT2D eigenvalue weighted by Crippen LogP contribution is 2.36. The smallest absolute Gasteiger partial charge is 0.255 e. The van der Waals surface area contributed by atoms with Crippen molar-refractivity contribution in [3.05, 3.63) is 259 Å². The topological polar surface area (TPSA) is 572 Å². The van der Waals surface area contributed by atoms with Crippen LogP contribution in [0.3, 0.4) is 0 Å². The zero-order valence-electron chi connectivity index (χ0n) is 70.8. The van der Waals surface area contributed by atoms with E-state index in [2.05, 4.69) is 76.5 Å². The minimum Gasteiger partial charge on any atom is -0.370 e. The highest BCUT2D eigenvalue weighted by atomic mass is 32.1. The number of nitrogens with one attached hydrogen (secondary N) is 7. The van der Waals surface area contributed by atoms with Gasteiger partial charge in [0.15, 0.2) is 29.8 Å². The highest BCUT2D eigenvalue weighted by molar-refractivity contribution is 7.10. The van der Waals surface area contributed by atoms with Crippen molar-refractivity contribution in [3.8, 4) is 0 Å². The predicted molar refractivity (Wildman–Crippen MR) is 520 cm³/mol. The van der Waals surface area contributed by atoms with Gasteiger partial charge in [0.05, 0.1) is 24.5 Å². The van der Waals surface area contributed by atoms with E-state index in [1.807, 2.05) is 142 Å². The van der Waals surface area contributed by atoms with Gasteiger partial charge in [-0.15, -0.1) is 11.3 Å². The number of guanidine groups is 5. The molecule has 0 bridgehead atoms. The van der Waals surface area contributed by atoms with Gasteiger partial charge >= 0.3 is 0 Å². The van der Waals surface area contributed by atoms with Gasteiger partial charge in [-0.05, 0) is 249 Å². The fourth-order valence-corrected chi connectivity index (χ4v) is 17.7. The Labute approximate surface area is 751 Å². The van der Waals surface area contributed by atoms with Gasteiger partial charge in [0.1, 0.15) is 0 Å². The van der Waals surface area contributed by atoms with Crippen LogP contribution in [-0.4, -0.2) is 110 Å². The molecule has 0 spiro atoms. The molecule has 666 valence electrons. The fourth-order valence-electron chi connectivity index (χ4n) is 15.5. The molecule has 2 aliphatic rings. The maximum atomic E-state index is 13.0. The number of nitrogens with two attached hydrogens (primary N) is 10. The number of anilines is 5. The summed E-state index contributed by atoms with van der Waals surface area (Å²) in [5.74, 6) is 0.301. The fraction of sp³-hybridized carbons (Fsp3) is 0.280. The molecule has 0 aliphatic heterocycles. The first-order valence-electron chi connectivity index (χ1n) is 42.1. The molecule has 2 fully saturated rings. The molecule has 2 saturated carbocycles. The normalized spacial score (nSPS) is 13.5. The number of amides is 5. The lowest BCUT2D eigenvalue weighted by molar-refractivity contribution is -0.122. The molecule has 5 amide bonds. The molecule has 8 aromatic heterocycles. The summed E-state index contributed by atoms with van der Waals surface area (Å²) in [6, 6.07) is 44.8. The Morgan fingerprint density at radius 2 is 0.875 bits per heavy atom. The van der Waals surface area contributed by atoms with Crippen molar-refractivity contribution in [1.29, 1.82) is 0 Å². The first-order valence-corrected chi connectivity index (χ1v) is 44.9. The molecular weight excluding hydrogens is 1680 g/mol. The Bertz CT molecular complexity index is 6130. The van der Waals surface area contributed by atoms with Gasteiger partial charge in [-0.1, -0.05) is 56.4 Å². The molecule has 2 aliphatic carbocycles. The lowest BCUT2D eigenvalue weighted by atomic mass is 9.78. The number of carbonyl (C=O) groups is 5. The number of aromatic nitrogens is 5. The van der Waals surface area contributed by atoms with Gasteiger partial charge < -0.3 is 93.9 Å². The van der Waals surface area contributed by atoms with Crippen molar-refractivity contribution >= 4 is 176 Å². The van der Waals surface area contributed by atoms with Crippen LogP contribution >= 0.6 is 34.0 Å². The van der Waals surface area contributed by atoms with Gasteiger partial charge in [0.25, 0.3) is 11.1 Å². The summed E-state index contributed by atoms with van der Waals surface area (Å²) in [7, 11) is 0. The number of pyridine rings is 5. The van der Waals surface area contributed by atoms with E-state index in [0.29, 0.717) is 92.1 Å². The zero-order valence-corrected chi connectivity index (χ0v) is 73.2. The number of hydrogen-bond donors (Lipinski definition) is 17. The average molecular weight is 1790 g/mol. The summed E-state index contributed by atoms with van der Waals surface area (Å²) in [4.78, 5) is 126. The number of aliphatic imine (C=N–C) groups is 5. The van der Waals surface area contributed by atoms with Gasteiger partial charge in [0, 0.05) is 154 Å². The van der Waals surface area contributed by atoms with Gasteiger partial charge in [-0.25, -0.2) is 4.99 Å². The Hall–Kier alpha value is -14.5. The second-order valence-corrected chi connectivity index (χ2v) is 33.5. The van der Waals surface area contributed by atoms with Crippen molar-refractivity contribution in [2.24, 2.45) is 100 Å².